The van der Waals surface area contributed by atoms with Crippen molar-refractivity contribution in [3.05, 3.63) is 53.3 Å². The molecule has 1 saturated heterocycles. The number of benzene rings is 1. The van der Waals surface area contributed by atoms with Gasteiger partial charge in [-0.1, -0.05) is 44.2 Å². The van der Waals surface area contributed by atoms with Crippen molar-refractivity contribution < 1.29 is 22.7 Å². The average Bonchev–Trinajstić information content (AvgIpc) is 3.03. The van der Waals surface area contributed by atoms with Crippen LogP contribution in [0.4, 0.5) is 13.2 Å². The zero-order chi connectivity index (χ0) is 19.8. The summed E-state index contributed by atoms with van der Waals surface area (Å²) in [7, 11) is 1.34. The highest BCUT2D eigenvalue weighted by Gasteiger charge is 2.38. The molecular weight excluding hydrogens is 359 g/mol. The van der Waals surface area contributed by atoms with Crippen LogP contribution in [0.5, 0.6) is 0 Å². The summed E-state index contributed by atoms with van der Waals surface area (Å²) in [4.78, 5) is 14.5. The summed E-state index contributed by atoms with van der Waals surface area (Å²) in [5.41, 5.74) is -0.221. The highest BCUT2D eigenvalue weighted by Crippen LogP contribution is 2.31. The Hall–Kier alpha value is -2.35. The number of ether oxygens (including phenoxy) is 1. The predicted molar refractivity (Wildman–Crippen MR) is 93.0 cm³/mol. The zero-order valence-electron chi connectivity index (χ0n) is 15.4. The maximum absolute atomic E-state index is 12.9. The van der Waals surface area contributed by atoms with Crippen LogP contribution in [-0.2, 0) is 18.0 Å². The highest BCUT2D eigenvalue weighted by molar-refractivity contribution is 5.92. The van der Waals surface area contributed by atoms with E-state index in [2.05, 4.69) is 5.10 Å². The summed E-state index contributed by atoms with van der Waals surface area (Å²) < 4.78 is 45.9. The van der Waals surface area contributed by atoms with Crippen molar-refractivity contribution in [3.63, 3.8) is 0 Å². The molecule has 2 atom stereocenters. The lowest BCUT2D eigenvalue weighted by Gasteiger charge is -2.40. The minimum atomic E-state index is -4.59. The molecule has 1 aliphatic heterocycles. The molecule has 0 spiro atoms. The quantitative estimate of drug-likeness (QED) is 0.815. The lowest BCUT2D eigenvalue weighted by molar-refractivity contribution is -0.141. The van der Waals surface area contributed by atoms with E-state index in [0.717, 1.165) is 16.3 Å². The van der Waals surface area contributed by atoms with Crippen LogP contribution < -0.4 is 0 Å². The first kappa shape index (κ1) is 19.4. The van der Waals surface area contributed by atoms with E-state index in [0.29, 0.717) is 6.54 Å². The Morgan fingerprint density at radius 3 is 2.44 bits per heavy atom. The van der Waals surface area contributed by atoms with Gasteiger partial charge in [0.25, 0.3) is 5.91 Å². The zero-order valence-corrected chi connectivity index (χ0v) is 15.4. The molecule has 0 radical (unpaired) electrons. The number of carbonyl (C=O) groups excluding carboxylic acids is 1. The summed E-state index contributed by atoms with van der Waals surface area (Å²) in [5, 5.41) is 3.44. The molecule has 0 bridgehead atoms. The van der Waals surface area contributed by atoms with Gasteiger partial charge in [0.15, 0.2) is 5.69 Å². The molecule has 1 aromatic heterocycles. The van der Waals surface area contributed by atoms with Gasteiger partial charge in [-0.3, -0.25) is 9.48 Å². The molecule has 2 aromatic rings. The molecule has 3 rings (SSSR count). The SMILES string of the molecule is CC(C)[C@H]1CN(C(=O)c2cc(C(F)(F)F)nn2C)C[C@@H](c2ccccc2)O1. The second-order valence-electron chi connectivity index (χ2n) is 7.06. The Labute approximate surface area is 155 Å². The normalized spacial score (nSPS) is 20.9. The van der Waals surface area contributed by atoms with Gasteiger partial charge in [-0.05, 0) is 11.5 Å². The van der Waals surface area contributed by atoms with Crippen molar-refractivity contribution in [2.75, 3.05) is 13.1 Å². The summed E-state index contributed by atoms with van der Waals surface area (Å²) in [6.45, 7) is 4.59. The maximum Gasteiger partial charge on any atom is 0.435 e. The molecule has 2 heterocycles. The lowest BCUT2D eigenvalue weighted by atomic mass is 10.0. The fourth-order valence-corrected chi connectivity index (χ4v) is 3.14. The summed E-state index contributed by atoms with van der Waals surface area (Å²) in [6, 6.07) is 10.3. The molecule has 0 saturated carbocycles. The summed E-state index contributed by atoms with van der Waals surface area (Å²) in [6.07, 6.45) is -5.12. The number of morpholine rings is 1. The molecule has 0 N–H and O–H groups in total. The molecule has 1 fully saturated rings. The Balaban J connectivity index is 1.88. The molecule has 0 aliphatic carbocycles. The number of aryl methyl sites for hydroxylation is 1. The fourth-order valence-electron chi connectivity index (χ4n) is 3.14. The van der Waals surface area contributed by atoms with Crippen LogP contribution in [0.2, 0.25) is 0 Å². The number of aromatic nitrogens is 2. The summed E-state index contributed by atoms with van der Waals surface area (Å²) in [5.74, 6) is -0.320. The monoisotopic (exact) mass is 381 g/mol. The van der Waals surface area contributed by atoms with E-state index >= 15 is 0 Å². The van der Waals surface area contributed by atoms with Crippen molar-refractivity contribution in [1.29, 1.82) is 0 Å². The summed E-state index contributed by atoms with van der Waals surface area (Å²) >= 11 is 0. The predicted octanol–water partition coefficient (Wildman–Crippen LogP) is 3.68. The third-order valence-electron chi connectivity index (χ3n) is 4.72. The number of carbonyl (C=O) groups is 1. The van der Waals surface area contributed by atoms with Gasteiger partial charge in [-0.2, -0.15) is 18.3 Å². The van der Waals surface area contributed by atoms with E-state index in [1.807, 2.05) is 44.2 Å². The van der Waals surface area contributed by atoms with E-state index in [4.69, 9.17) is 4.74 Å². The molecule has 8 heteroatoms. The van der Waals surface area contributed by atoms with Gasteiger partial charge in [0.1, 0.15) is 11.8 Å². The molecule has 27 heavy (non-hydrogen) atoms. The Morgan fingerprint density at radius 2 is 1.89 bits per heavy atom. The minimum absolute atomic E-state index is 0.0847. The van der Waals surface area contributed by atoms with Crippen LogP contribution in [0.1, 0.15) is 41.7 Å². The molecule has 1 aliphatic rings. The van der Waals surface area contributed by atoms with E-state index in [1.54, 1.807) is 4.90 Å². The maximum atomic E-state index is 12.9. The standard InChI is InChI=1S/C19H22F3N3O2/c1-12(2)15-10-25(11-16(27-15)13-7-5-4-6-8-13)18(26)14-9-17(19(20,21)22)23-24(14)3/h4-9,12,15-16H,10-11H2,1-3H3/t15-,16+/m1/s1. The average molecular weight is 381 g/mol. The van der Waals surface area contributed by atoms with Crippen LogP contribution in [0.25, 0.3) is 0 Å². The van der Waals surface area contributed by atoms with Crippen molar-refractivity contribution in [1.82, 2.24) is 14.7 Å². The van der Waals surface area contributed by atoms with Gasteiger partial charge in [-0.15, -0.1) is 0 Å². The smallest absolute Gasteiger partial charge is 0.366 e. The first-order chi connectivity index (χ1) is 12.7. The number of nitrogens with zero attached hydrogens (tertiary/aromatic N) is 3. The van der Waals surface area contributed by atoms with Gasteiger partial charge >= 0.3 is 6.18 Å². The molecule has 5 nitrogen and oxygen atoms in total. The van der Waals surface area contributed by atoms with Crippen molar-refractivity contribution in [2.24, 2.45) is 13.0 Å². The second-order valence-corrected chi connectivity index (χ2v) is 7.06. The first-order valence-electron chi connectivity index (χ1n) is 8.77. The van der Waals surface area contributed by atoms with Crippen LogP contribution in [-0.4, -0.2) is 39.8 Å². The van der Waals surface area contributed by atoms with Crippen molar-refractivity contribution in [2.45, 2.75) is 32.2 Å². The van der Waals surface area contributed by atoms with Crippen molar-refractivity contribution in [3.8, 4) is 0 Å². The second kappa shape index (κ2) is 7.34. The highest BCUT2D eigenvalue weighted by atomic mass is 19.4. The number of hydrogen-bond donors (Lipinski definition) is 0. The van der Waals surface area contributed by atoms with Crippen LogP contribution >= 0.6 is 0 Å². The van der Waals surface area contributed by atoms with Crippen LogP contribution in [0.3, 0.4) is 0 Å². The van der Waals surface area contributed by atoms with E-state index in [-0.39, 0.29) is 30.4 Å². The number of hydrogen-bond acceptors (Lipinski definition) is 3. The lowest BCUT2D eigenvalue weighted by Crippen LogP contribution is -2.49. The van der Waals surface area contributed by atoms with E-state index in [9.17, 15) is 18.0 Å². The molecular formula is C19H22F3N3O2. The van der Waals surface area contributed by atoms with Gasteiger partial charge in [0, 0.05) is 19.7 Å². The van der Waals surface area contributed by atoms with Crippen molar-refractivity contribution >= 4 is 5.91 Å². The Kier molecular flexibility index (Phi) is 5.28. The fraction of sp³-hybridized carbons (Fsp3) is 0.474. The third-order valence-corrected chi connectivity index (χ3v) is 4.72. The molecule has 146 valence electrons. The number of rotatable bonds is 3. The first-order valence-corrected chi connectivity index (χ1v) is 8.77. The van der Waals surface area contributed by atoms with Gasteiger partial charge < -0.3 is 9.64 Å². The van der Waals surface area contributed by atoms with Gasteiger partial charge in [0.2, 0.25) is 0 Å². The minimum Gasteiger partial charge on any atom is -0.366 e. The molecule has 0 unspecified atom stereocenters. The number of alkyl halides is 3. The van der Waals surface area contributed by atoms with Gasteiger partial charge in [-0.25, -0.2) is 0 Å². The third kappa shape index (κ3) is 4.16. The van der Waals surface area contributed by atoms with Crippen LogP contribution in [0, 0.1) is 5.92 Å². The topological polar surface area (TPSA) is 47.4 Å². The van der Waals surface area contributed by atoms with Crippen LogP contribution in [0.15, 0.2) is 36.4 Å². The molecule has 1 amide bonds. The van der Waals surface area contributed by atoms with Gasteiger partial charge in [0.05, 0.1) is 12.6 Å². The Bertz CT molecular complexity index is 802. The molecule has 1 aromatic carbocycles. The number of amides is 1. The number of halogens is 3. The largest absolute Gasteiger partial charge is 0.435 e. The van der Waals surface area contributed by atoms with E-state index in [1.165, 1.54) is 7.05 Å². The Morgan fingerprint density at radius 1 is 1.22 bits per heavy atom. The van der Waals surface area contributed by atoms with E-state index < -0.39 is 17.8 Å².